The van der Waals surface area contributed by atoms with E-state index in [9.17, 15) is 19.8 Å². The van der Waals surface area contributed by atoms with E-state index in [1.165, 1.54) is 6.07 Å². The van der Waals surface area contributed by atoms with Crippen molar-refractivity contribution in [2.45, 2.75) is 32.3 Å². The van der Waals surface area contributed by atoms with Crippen LogP contribution in [0.5, 0.6) is 46.0 Å². The number of carboxylic acids is 1. The van der Waals surface area contributed by atoms with Gasteiger partial charge in [0.25, 0.3) is 0 Å². The highest BCUT2D eigenvalue weighted by molar-refractivity contribution is 14.1. The maximum absolute atomic E-state index is 12.8. The van der Waals surface area contributed by atoms with E-state index < -0.39 is 11.6 Å². The lowest BCUT2D eigenvalue weighted by molar-refractivity contribution is 0.0223. The Morgan fingerprint density at radius 2 is 1.25 bits per heavy atom. The van der Waals surface area contributed by atoms with Crippen molar-refractivity contribution in [1.82, 2.24) is 0 Å². The van der Waals surface area contributed by atoms with Crippen LogP contribution in [0, 0.1) is 9.85 Å². The Morgan fingerprint density at radius 3 is 1.86 bits per heavy atom. The fourth-order valence-electron chi connectivity index (χ4n) is 7.53. The molecule has 2 N–H and O–H groups in total. The Labute approximate surface area is 355 Å². The second kappa shape index (κ2) is 17.5. The number of fused-ring (bicyclic) bond motifs is 8. The van der Waals surface area contributed by atoms with Crippen LogP contribution < -0.4 is 23.7 Å². The van der Waals surface area contributed by atoms with Gasteiger partial charge in [-0.2, -0.15) is 0 Å². The maximum atomic E-state index is 12.8. The fraction of sp³-hybridized carbons (Fsp3) is 0.167. The van der Waals surface area contributed by atoms with Crippen LogP contribution in [0.3, 0.4) is 0 Å². The van der Waals surface area contributed by atoms with Crippen LogP contribution in [0.1, 0.15) is 80.8 Å². The Kier molecular flexibility index (Phi) is 12.0. The van der Waals surface area contributed by atoms with Gasteiger partial charge in [0, 0.05) is 80.6 Å². The Balaban J connectivity index is 0.000000165. The van der Waals surface area contributed by atoms with Crippen LogP contribution in [0.2, 0.25) is 0 Å². The standard InChI is InChI=1S/C24H20O5.C21H16O5.C3H3I/c1-3-26-15-9-11-19-21(13-15)28-22-14-16(27-4-2)10-12-20(22)24(19)18-8-6-5-7-17(18)23(25)29-24;1-25-13-7-9-17-19(11-13)26-18-10-12(22)6-8-16(18)20(17)14-4-2-3-5-15(14)21(23)24;1-2-3-4/h5-14H,3-4H2,1-2H3;2-11,20,22H,1H3,(H,23,24);1H3. The van der Waals surface area contributed by atoms with Crippen molar-refractivity contribution in [2.24, 2.45) is 0 Å². The number of esters is 1. The number of carbonyl (C=O) groups is 2. The van der Waals surface area contributed by atoms with Gasteiger partial charge in [0.2, 0.25) is 0 Å². The number of aromatic carboxylic acids is 1. The lowest BCUT2D eigenvalue weighted by Gasteiger charge is -2.36. The number of ether oxygens (including phenoxy) is 6. The molecule has 3 heterocycles. The molecule has 6 aromatic carbocycles. The third-order valence-corrected chi connectivity index (χ3v) is 10.5. The SMILES string of the molecule is CC#CI.CCOc1ccc2c(c1)Oc1cc(OCC)ccc1C21OC(=O)c2ccccc21.COc1ccc2c(c1)Oc1cc(O)ccc1C2c1ccccc1C(=O)O. The maximum Gasteiger partial charge on any atom is 0.340 e. The summed E-state index contributed by atoms with van der Waals surface area (Å²) in [5.74, 6) is 5.40. The summed E-state index contributed by atoms with van der Waals surface area (Å²) in [4.78, 5) is 24.5. The number of benzene rings is 6. The zero-order chi connectivity index (χ0) is 41.7. The van der Waals surface area contributed by atoms with Crippen LogP contribution in [0.15, 0.2) is 121 Å². The van der Waals surface area contributed by atoms with Gasteiger partial charge in [0.05, 0.1) is 31.5 Å². The summed E-state index contributed by atoms with van der Waals surface area (Å²) in [5.41, 5.74) is 4.41. The Bertz CT molecular complexity index is 2560. The lowest BCUT2D eigenvalue weighted by atomic mass is 9.77. The molecule has 1 spiro atoms. The van der Waals surface area contributed by atoms with Crippen molar-refractivity contribution in [2.75, 3.05) is 20.3 Å². The molecule has 6 aromatic rings. The number of methoxy groups -OCH3 is 1. The van der Waals surface area contributed by atoms with E-state index in [-0.39, 0.29) is 23.2 Å². The van der Waals surface area contributed by atoms with Crippen LogP contribution in [0.25, 0.3) is 0 Å². The molecule has 1 atom stereocenters. The molecule has 1 unspecified atom stereocenters. The first kappa shape index (κ1) is 40.5. The molecule has 0 fully saturated rings. The summed E-state index contributed by atoms with van der Waals surface area (Å²) in [6.45, 7) is 6.77. The summed E-state index contributed by atoms with van der Waals surface area (Å²) in [6, 6.07) is 36.0. The molecule has 0 aliphatic carbocycles. The second-order valence-corrected chi connectivity index (χ2v) is 13.8. The van der Waals surface area contributed by atoms with E-state index in [0.29, 0.717) is 64.6 Å². The van der Waals surface area contributed by atoms with Crippen LogP contribution in [-0.2, 0) is 10.3 Å². The predicted octanol–water partition coefficient (Wildman–Crippen LogP) is 10.8. The summed E-state index contributed by atoms with van der Waals surface area (Å²) in [5, 5.41) is 19.5. The number of halogens is 1. The van der Waals surface area contributed by atoms with Gasteiger partial charge < -0.3 is 38.6 Å². The molecule has 0 saturated heterocycles. The quantitative estimate of drug-likeness (QED) is 0.0906. The van der Waals surface area contributed by atoms with E-state index in [2.05, 4.69) is 9.85 Å². The number of rotatable bonds is 7. The van der Waals surface area contributed by atoms with Crippen molar-refractivity contribution < 1.29 is 48.2 Å². The monoisotopic (exact) mass is 902 g/mol. The van der Waals surface area contributed by atoms with Crippen LogP contribution in [0.4, 0.5) is 0 Å². The molecule has 59 heavy (non-hydrogen) atoms. The number of phenols is 1. The van der Waals surface area contributed by atoms with Crippen molar-refractivity contribution in [3.63, 3.8) is 0 Å². The summed E-state index contributed by atoms with van der Waals surface area (Å²) < 4.78 is 37.5. The topological polar surface area (TPSA) is 130 Å². The highest BCUT2D eigenvalue weighted by Crippen LogP contribution is 2.57. The van der Waals surface area contributed by atoms with Gasteiger partial charge in [-0.3, -0.25) is 0 Å². The molecule has 0 amide bonds. The first-order valence-electron chi connectivity index (χ1n) is 18.8. The molecule has 9 rings (SSSR count). The van der Waals surface area contributed by atoms with Gasteiger partial charge in [-0.1, -0.05) is 54.5 Å². The first-order valence-corrected chi connectivity index (χ1v) is 19.8. The number of carbonyl (C=O) groups excluding carboxylic acids is 1. The number of hydrogen-bond acceptors (Lipinski definition) is 9. The van der Waals surface area contributed by atoms with Crippen molar-refractivity contribution in [3.05, 3.63) is 166 Å². The average Bonchev–Trinajstić information content (AvgIpc) is 3.54. The van der Waals surface area contributed by atoms with Gasteiger partial charge >= 0.3 is 11.9 Å². The first-order chi connectivity index (χ1) is 28.7. The van der Waals surface area contributed by atoms with Crippen LogP contribution >= 0.6 is 22.6 Å². The molecule has 3 aliphatic heterocycles. The molecule has 10 nitrogen and oxygen atoms in total. The highest BCUT2D eigenvalue weighted by Gasteiger charge is 2.53. The Hall–Kier alpha value is -6.65. The van der Waals surface area contributed by atoms with Gasteiger partial charge in [0.1, 0.15) is 46.0 Å². The second-order valence-electron chi connectivity index (χ2n) is 13.3. The smallest absolute Gasteiger partial charge is 0.340 e. The molecule has 0 bridgehead atoms. The zero-order valence-electron chi connectivity index (χ0n) is 32.6. The van der Waals surface area contributed by atoms with E-state index >= 15 is 0 Å². The summed E-state index contributed by atoms with van der Waals surface area (Å²) >= 11 is 1.99. The average molecular weight is 903 g/mol. The van der Waals surface area contributed by atoms with Gasteiger partial charge in [0.15, 0.2) is 5.60 Å². The van der Waals surface area contributed by atoms with E-state index in [1.54, 1.807) is 43.5 Å². The molecular weight excluding hydrogens is 863 g/mol. The number of carboxylic acid groups (broad SMARTS) is 1. The number of aromatic hydroxyl groups is 1. The minimum atomic E-state index is -1.06. The molecule has 0 radical (unpaired) electrons. The molecule has 298 valence electrons. The van der Waals surface area contributed by atoms with Crippen molar-refractivity contribution in [1.29, 1.82) is 0 Å². The van der Waals surface area contributed by atoms with Crippen molar-refractivity contribution in [3.8, 4) is 55.8 Å². The summed E-state index contributed by atoms with van der Waals surface area (Å²) in [6.07, 6.45) is 0. The minimum absolute atomic E-state index is 0.0837. The summed E-state index contributed by atoms with van der Waals surface area (Å²) in [7, 11) is 1.57. The number of hydrogen-bond donors (Lipinski definition) is 2. The normalized spacial score (nSPS) is 14.1. The fourth-order valence-corrected chi connectivity index (χ4v) is 7.53. The van der Waals surface area contributed by atoms with E-state index in [0.717, 1.165) is 27.8 Å². The van der Waals surface area contributed by atoms with Crippen LogP contribution in [-0.4, -0.2) is 42.5 Å². The highest BCUT2D eigenvalue weighted by atomic mass is 127. The van der Waals surface area contributed by atoms with Gasteiger partial charge in [-0.05, 0) is 78.8 Å². The minimum Gasteiger partial charge on any atom is -0.508 e. The molecular formula is C48H39IO10. The molecule has 11 heteroatoms. The number of phenolic OH excluding ortho intramolecular Hbond substituents is 1. The predicted molar refractivity (Wildman–Crippen MR) is 230 cm³/mol. The largest absolute Gasteiger partial charge is 0.508 e. The zero-order valence-corrected chi connectivity index (χ0v) is 34.7. The molecule has 0 saturated carbocycles. The van der Waals surface area contributed by atoms with Crippen molar-refractivity contribution >= 4 is 34.5 Å². The van der Waals surface area contributed by atoms with Gasteiger partial charge in [-0.15, -0.1) is 0 Å². The molecule has 3 aliphatic rings. The van der Waals surface area contributed by atoms with E-state index in [1.807, 2.05) is 122 Å². The Morgan fingerprint density at radius 1 is 0.712 bits per heavy atom. The lowest BCUT2D eigenvalue weighted by Crippen LogP contribution is -2.33. The van der Waals surface area contributed by atoms with E-state index in [4.69, 9.17) is 28.4 Å². The third kappa shape index (κ3) is 7.71. The third-order valence-electron chi connectivity index (χ3n) is 9.94. The molecule has 0 aromatic heterocycles. The van der Waals surface area contributed by atoms with Gasteiger partial charge in [-0.25, -0.2) is 9.59 Å².